The highest BCUT2D eigenvalue weighted by molar-refractivity contribution is 6.36. The zero-order valence-corrected chi connectivity index (χ0v) is 11.5. The fourth-order valence-corrected chi connectivity index (χ4v) is 1.60. The molecule has 0 unspecified atom stereocenters. The molecule has 7 nitrogen and oxygen atoms in total. The second-order valence-corrected chi connectivity index (χ2v) is 4.05. The summed E-state index contributed by atoms with van der Waals surface area (Å²) in [7, 11) is 2.77. The van der Waals surface area contributed by atoms with Crippen molar-refractivity contribution in [1.29, 1.82) is 0 Å². The highest BCUT2D eigenvalue weighted by Gasteiger charge is 2.18. The third kappa shape index (κ3) is 3.86. The molecule has 20 heavy (non-hydrogen) atoms. The fourth-order valence-electron chi connectivity index (χ4n) is 1.37. The van der Waals surface area contributed by atoms with Gasteiger partial charge in [0.2, 0.25) is 11.7 Å². The zero-order chi connectivity index (χ0) is 15.3. The quantitative estimate of drug-likeness (QED) is 0.607. The Labute approximate surface area is 119 Å². The van der Waals surface area contributed by atoms with Crippen LogP contribution in [0.1, 0.15) is 6.42 Å². The van der Waals surface area contributed by atoms with Gasteiger partial charge in [-0.3, -0.25) is 9.59 Å². The first-order valence-electron chi connectivity index (χ1n) is 5.36. The van der Waals surface area contributed by atoms with Crippen LogP contribution in [0.15, 0.2) is 12.1 Å². The van der Waals surface area contributed by atoms with E-state index >= 15 is 0 Å². The Morgan fingerprint density at radius 3 is 2.30 bits per heavy atom. The van der Waals surface area contributed by atoms with E-state index in [9.17, 15) is 14.4 Å². The monoisotopic (exact) mass is 301 g/mol. The van der Waals surface area contributed by atoms with E-state index in [2.05, 4.69) is 5.32 Å². The maximum Gasteiger partial charge on any atom is 0.372 e. The molecule has 0 atom stereocenters. The largest absolute Gasteiger partial charge is 0.495 e. The number of Topliss-reactive ketones (excluding diaryl/α,β-unsaturated/α-hetero) is 1. The maximum atomic E-state index is 11.6. The first-order valence-corrected chi connectivity index (χ1v) is 5.74. The standard InChI is InChI=1S/C12H12ClNO6/c1-19-9-4-7(10(20-2)3-6(9)13)14-11(16)5-8(15)12(17)18/h3-4H,5H2,1-2H3,(H,14,16)(H,17,18). The van der Waals surface area contributed by atoms with E-state index in [4.69, 9.17) is 26.2 Å². The second-order valence-electron chi connectivity index (χ2n) is 3.64. The Hall–Kier alpha value is -2.28. The van der Waals surface area contributed by atoms with E-state index in [1.54, 1.807) is 0 Å². The number of carboxylic acids is 1. The van der Waals surface area contributed by atoms with Crippen molar-refractivity contribution in [2.45, 2.75) is 6.42 Å². The van der Waals surface area contributed by atoms with Crippen LogP contribution in [0.4, 0.5) is 5.69 Å². The van der Waals surface area contributed by atoms with E-state index in [1.807, 2.05) is 0 Å². The van der Waals surface area contributed by atoms with Crippen molar-refractivity contribution >= 4 is 34.9 Å². The van der Waals surface area contributed by atoms with Gasteiger partial charge in [0.05, 0.1) is 31.4 Å². The number of carboxylic acid groups (broad SMARTS) is 1. The van der Waals surface area contributed by atoms with Crippen LogP contribution in [0.5, 0.6) is 11.5 Å². The molecule has 0 aromatic heterocycles. The van der Waals surface area contributed by atoms with Crippen molar-refractivity contribution in [3.05, 3.63) is 17.2 Å². The van der Waals surface area contributed by atoms with Crippen LogP contribution in [0.3, 0.4) is 0 Å². The van der Waals surface area contributed by atoms with Crippen LogP contribution in [-0.2, 0) is 14.4 Å². The molecule has 0 radical (unpaired) electrons. The van der Waals surface area contributed by atoms with Gasteiger partial charge in [0.1, 0.15) is 11.5 Å². The molecule has 1 amide bonds. The summed E-state index contributed by atoms with van der Waals surface area (Å²) in [5.74, 6) is -3.09. The van der Waals surface area contributed by atoms with Crippen LogP contribution in [0.25, 0.3) is 0 Å². The van der Waals surface area contributed by atoms with Crippen LogP contribution >= 0.6 is 11.6 Å². The van der Waals surface area contributed by atoms with E-state index in [0.29, 0.717) is 5.75 Å². The highest BCUT2D eigenvalue weighted by Crippen LogP contribution is 2.35. The number of halogens is 1. The van der Waals surface area contributed by atoms with Gasteiger partial charge in [0, 0.05) is 12.1 Å². The first-order chi connectivity index (χ1) is 9.38. The van der Waals surface area contributed by atoms with Gasteiger partial charge in [0.15, 0.2) is 0 Å². The van der Waals surface area contributed by atoms with Crippen molar-refractivity contribution in [2.24, 2.45) is 0 Å². The Morgan fingerprint density at radius 2 is 1.80 bits per heavy atom. The number of anilines is 1. The molecule has 0 aliphatic rings. The normalized spacial score (nSPS) is 9.75. The Balaban J connectivity index is 2.93. The van der Waals surface area contributed by atoms with Gasteiger partial charge in [-0.15, -0.1) is 0 Å². The van der Waals surface area contributed by atoms with Gasteiger partial charge in [-0.2, -0.15) is 0 Å². The van der Waals surface area contributed by atoms with Crippen LogP contribution in [0, 0.1) is 0 Å². The summed E-state index contributed by atoms with van der Waals surface area (Å²) in [6.45, 7) is 0. The SMILES string of the molecule is COc1cc(NC(=O)CC(=O)C(=O)O)c(OC)cc1Cl. The molecule has 1 rings (SSSR count). The summed E-state index contributed by atoms with van der Waals surface area (Å²) in [6, 6.07) is 2.83. The number of benzene rings is 1. The summed E-state index contributed by atoms with van der Waals surface area (Å²) in [6.07, 6.45) is -0.774. The van der Waals surface area contributed by atoms with Gasteiger partial charge in [-0.05, 0) is 0 Å². The molecular weight excluding hydrogens is 290 g/mol. The Bertz CT molecular complexity index is 557. The van der Waals surface area contributed by atoms with Crippen molar-refractivity contribution in [1.82, 2.24) is 0 Å². The predicted molar refractivity (Wildman–Crippen MR) is 70.4 cm³/mol. The molecule has 0 spiro atoms. The smallest absolute Gasteiger partial charge is 0.372 e. The number of methoxy groups -OCH3 is 2. The van der Waals surface area contributed by atoms with E-state index in [-0.39, 0.29) is 16.5 Å². The Kier molecular flexibility index (Phi) is 5.33. The number of ketones is 1. The average Bonchev–Trinajstić information content (AvgIpc) is 2.39. The molecule has 0 saturated carbocycles. The number of hydrogen-bond donors (Lipinski definition) is 2. The predicted octanol–water partition coefficient (Wildman–Crippen LogP) is 1.34. The molecule has 0 aliphatic carbocycles. The minimum absolute atomic E-state index is 0.219. The van der Waals surface area contributed by atoms with Gasteiger partial charge in [-0.25, -0.2) is 4.79 Å². The summed E-state index contributed by atoms with van der Waals surface area (Å²) < 4.78 is 10.0. The van der Waals surface area contributed by atoms with Gasteiger partial charge < -0.3 is 19.9 Å². The number of amides is 1. The summed E-state index contributed by atoms with van der Waals surface area (Å²) in [5, 5.41) is 11.1. The summed E-state index contributed by atoms with van der Waals surface area (Å²) in [5.41, 5.74) is 0.219. The minimum atomic E-state index is -1.67. The third-order valence-electron chi connectivity index (χ3n) is 2.31. The lowest BCUT2D eigenvalue weighted by molar-refractivity contribution is -0.150. The molecule has 0 saturated heterocycles. The number of carbonyl (C=O) groups excluding carboxylic acids is 2. The van der Waals surface area contributed by atoms with E-state index in [1.165, 1.54) is 26.4 Å². The Morgan fingerprint density at radius 1 is 1.20 bits per heavy atom. The molecule has 0 aliphatic heterocycles. The molecule has 8 heteroatoms. The van der Waals surface area contributed by atoms with Crippen LogP contribution in [-0.4, -0.2) is 37.0 Å². The van der Waals surface area contributed by atoms with Crippen molar-refractivity contribution in [3.63, 3.8) is 0 Å². The van der Waals surface area contributed by atoms with Crippen molar-refractivity contribution < 1.29 is 29.0 Å². The number of ether oxygens (including phenoxy) is 2. The first kappa shape index (κ1) is 15.8. The van der Waals surface area contributed by atoms with E-state index in [0.717, 1.165) is 0 Å². The summed E-state index contributed by atoms with van der Waals surface area (Å²) >= 11 is 5.89. The molecular formula is C12H12ClNO6. The molecule has 108 valence electrons. The van der Waals surface area contributed by atoms with Crippen molar-refractivity contribution in [2.75, 3.05) is 19.5 Å². The lowest BCUT2D eigenvalue weighted by Crippen LogP contribution is -2.22. The lowest BCUT2D eigenvalue weighted by atomic mass is 10.2. The molecule has 0 bridgehead atoms. The fraction of sp³-hybridized carbons (Fsp3) is 0.250. The van der Waals surface area contributed by atoms with E-state index < -0.39 is 24.1 Å². The zero-order valence-electron chi connectivity index (χ0n) is 10.7. The second kappa shape index (κ2) is 6.76. The van der Waals surface area contributed by atoms with Gasteiger partial charge in [-0.1, -0.05) is 11.6 Å². The molecule has 1 aromatic rings. The number of aliphatic carboxylic acids is 1. The van der Waals surface area contributed by atoms with Gasteiger partial charge in [0.25, 0.3) is 0 Å². The number of rotatable bonds is 6. The third-order valence-corrected chi connectivity index (χ3v) is 2.60. The van der Waals surface area contributed by atoms with Crippen molar-refractivity contribution in [3.8, 4) is 11.5 Å². The molecule has 0 fully saturated rings. The van der Waals surface area contributed by atoms with Crippen LogP contribution < -0.4 is 14.8 Å². The summed E-state index contributed by atoms with van der Waals surface area (Å²) in [4.78, 5) is 32.9. The topological polar surface area (TPSA) is 102 Å². The van der Waals surface area contributed by atoms with Crippen LogP contribution in [0.2, 0.25) is 5.02 Å². The average molecular weight is 302 g/mol. The highest BCUT2D eigenvalue weighted by atomic mass is 35.5. The lowest BCUT2D eigenvalue weighted by Gasteiger charge is -2.12. The number of hydrogen-bond acceptors (Lipinski definition) is 5. The maximum absolute atomic E-state index is 11.6. The minimum Gasteiger partial charge on any atom is -0.495 e. The molecule has 0 heterocycles. The van der Waals surface area contributed by atoms with Gasteiger partial charge >= 0.3 is 5.97 Å². The number of nitrogens with one attached hydrogen (secondary N) is 1. The number of carbonyl (C=O) groups is 3. The molecule has 1 aromatic carbocycles. The molecule has 2 N–H and O–H groups in total.